The molecule has 0 fully saturated rings. The Morgan fingerprint density at radius 2 is 1.97 bits per heavy atom. The zero-order valence-corrected chi connectivity index (χ0v) is 16.8. The zero-order valence-electron chi connectivity index (χ0n) is 16.8. The summed E-state index contributed by atoms with van der Waals surface area (Å²) in [6, 6.07) is 17.2. The second kappa shape index (κ2) is 6.11. The largest absolute Gasteiger partial charge is 0.463 e. The normalized spacial score (nSPS) is 20.5. The number of nitro groups is 1. The molecule has 2 aliphatic rings. The molecule has 3 aromatic rings. The summed E-state index contributed by atoms with van der Waals surface area (Å²) in [6.07, 6.45) is 9.66. The standard InChI is InChI=1S/C25H20N2O3/c1-4-15-26-21-11-9-17-7-5-6-8-20(17)23(21)24(2,3)25(26)14-13-18-16-19(27(28)29)10-12-22(18)30-25/h1,5-14,16H,15H2,2-3H3. The number of hydrogen-bond donors (Lipinski definition) is 0. The van der Waals surface area contributed by atoms with Crippen molar-refractivity contribution in [3.63, 3.8) is 0 Å². The summed E-state index contributed by atoms with van der Waals surface area (Å²) in [5, 5.41) is 13.5. The van der Waals surface area contributed by atoms with Gasteiger partial charge in [0.25, 0.3) is 5.69 Å². The quantitative estimate of drug-likeness (QED) is 0.336. The van der Waals surface area contributed by atoms with Gasteiger partial charge < -0.3 is 9.64 Å². The molecule has 5 nitrogen and oxygen atoms in total. The van der Waals surface area contributed by atoms with Crippen LogP contribution in [0.2, 0.25) is 0 Å². The molecule has 0 bridgehead atoms. The fourth-order valence-electron chi connectivity index (χ4n) is 4.89. The Kier molecular flexibility index (Phi) is 3.72. The van der Waals surface area contributed by atoms with Gasteiger partial charge in [0.15, 0.2) is 0 Å². The highest BCUT2D eigenvalue weighted by Gasteiger charge is 2.59. The number of fused-ring (bicyclic) bond motifs is 4. The van der Waals surface area contributed by atoms with E-state index in [0.717, 1.165) is 11.1 Å². The molecule has 0 aromatic heterocycles. The number of benzene rings is 3. The van der Waals surface area contributed by atoms with E-state index >= 15 is 0 Å². The van der Waals surface area contributed by atoms with Crippen LogP contribution in [0.5, 0.6) is 5.75 Å². The van der Waals surface area contributed by atoms with Crippen LogP contribution >= 0.6 is 0 Å². The first-order chi connectivity index (χ1) is 14.4. The maximum atomic E-state index is 11.2. The Balaban J connectivity index is 1.74. The molecule has 148 valence electrons. The Bertz CT molecular complexity index is 1290. The molecule has 2 aliphatic heterocycles. The van der Waals surface area contributed by atoms with E-state index in [-0.39, 0.29) is 5.69 Å². The van der Waals surface area contributed by atoms with Crippen molar-refractivity contribution in [1.29, 1.82) is 0 Å². The Morgan fingerprint density at radius 3 is 2.73 bits per heavy atom. The van der Waals surface area contributed by atoms with Gasteiger partial charge in [0.2, 0.25) is 5.72 Å². The molecule has 0 amide bonds. The van der Waals surface area contributed by atoms with Crippen molar-refractivity contribution in [2.45, 2.75) is 25.0 Å². The molecule has 3 aromatic carbocycles. The number of nitro benzene ring substituents is 1. The second-order valence-corrected chi connectivity index (χ2v) is 8.21. The summed E-state index contributed by atoms with van der Waals surface area (Å²) in [7, 11) is 0. The van der Waals surface area contributed by atoms with Crippen LogP contribution in [-0.4, -0.2) is 17.2 Å². The van der Waals surface area contributed by atoms with Crippen molar-refractivity contribution in [1.82, 2.24) is 0 Å². The van der Waals surface area contributed by atoms with Crippen LogP contribution in [0.3, 0.4) is 0 Å². The molecule has 5 heteroatoms. The van der Waals surface area contributed by atoms with Crippen LogP contribution in [0.4, 0.5) is 11.4 Å². The van der Waals surface area contributed by atoms with Crippen molar-refractivity contribution < 1.29 is 9.66 Å². The van der Waals surface area contributed by atoms with Crippen molar-refractivity contribution in [2.24, 2.45) is 0 Å². The summed E-state index contributed by atoms with van der Waals surface area (Å²) in [5.41, 5.74) is 1.69. The lowest BCUT2D eigenvalue weighted by atomic mass is 9.74. The van der Waals surface area contributed by atoms with E-state index in [4.69, 9.17) is 11.2 Å². The van der Waals surface area contributed by atoms with Crippen molar-refractivity contribution >= 4 is 28.2 Å². The zero-order chi connectivity index (χ0) is 21.1. The van der Waals surface area contributed by atoms with E-state index < -0.39 is 16.1 Å². The fraction of sp³-hybridized carbons (Fsp3) is 0.200. The van der Waals surface area contributed by atoms with Gasteiger partial charge in [-0.1, -0.05) is 36.3 Å². The van der Waals surface area contributed by atoms with Gasteiger partial charge in [-0.2, -0.15) is 0 Å². The SMILES string of the molecule is C#CCN1c2ccc3ccccc3c2C(C)(C)C12C=Cc1cc([N+](=O)[O-])ccc1O2. The van der Waals surface area contributed by atoms with Crippen LogP contribution in [0.25, 0.3) is 16.8 Å². The van der Waals surface area contributed by atoms with E-state index in [9.17, 15) is 10.1 Å². The van der Waals surface area contributed by atoms with Gasteiger partial charge in [0.05, 0.1) is 16.9 Å². The number of terminal acetylenes is 1. The third-order valence-corrected chi connectivity index (χ3v) is 6.33. The smallest absolute Gasteiger partial charge is 0.270 e. The van der Waals surface area contributed by atoms with Gasteiger partial charge in [0, 0.05) is 23.4 Å². The van der Waals surface area contributed by atoms with E-state index in [0.29, 0.717) is 17.9 Å². The average Bonchev–Trinajstić information content (AvgIpc) is 2.92. The minimum Gasteiger partial charge on any atom is -0.463 e. The summed E-state index contributed by atoms with van der Waals surface area (Å²) >= 11 is 0. The van der Waals surface area contributed by atoms with Crippen LogP contribution in [-0.2, 0) is 5.41 Å². The lowest BCUT2D eigenvalue weighted by Crippen LogP contribution is -2.59. The minimum absolute atomic E-state index is 0.0402. The third kappa shape index (κ3) is 2.25. The number of hydrogen-bond acceptors (Lipinski definition) is 4. The maximum Gasteiger partial charge on any atom is 0.270 e. The first kappa shape index (κ1) is 18.3. The van der Waals surface area contributed by atoms with Gasteiger partial charge in [-0.15, -0.1) is 6.42 Å². The summed E-state index contributed by atoms with van der Waals surface area (Å²) in [5.74, 6) is 3.39. The predicted molar refractivity (Wildman–Crippen MR) is 119 cm³/mol. The van der Waals surface area contributed by atoms with E-state index in [1.54, 1.807) is 6.07 Å². The molecule has 1 spiro atoms. The predicted octanol–water partition coefficient (Wildman–Crippen LogP) is 5.28. The van der Waals surface area contributed by atoms with Crippen LogP contribution < -0.4 is 9.64 Å². The van der Waals surface area contributed by atoms with E-state index in [1.165, 1.54) is 23.1 Å². The lowest BCUT2D eigenvalue weighted by Gasteiger charge is -2.46. The molecule has 0 radical (unpaired) electrons. The Labute approximate surface area is 174 Å². The number of rotatable bonds is 2. The highest BCUT2D eigenvalue weighted by molar-refractivity contribution is 5.94. The van der Waals surface area contributed by atoms with Crippen LogP contribution in [0.1, 0.15) is 25.0 Å². The van der Waals surface area contributed by atoms with Crippen molar-refractivity contribution in [3.05, 3.63) is 81.9 Å². The number of ether oxygens (including phenoxy) is 1. The molecule has 0 N–H and O–H groups in total. The van der Waals surface area contributed by atoms with Gasteiger partial charge in [-0.05, 0) is 54.5 Å². The Morgan fingerprint density at radius 1 is 1.17 bits per heavy atom. The summed E-state index contributed by atoms with van der Waals surface area (Å²) in [4.78, 5) is 12.9. The molecular weight excluding hydrogens is 376 g/mol. The number of nitrogens with zero attached hydrogens (tertiary/aromatic N) is 2. The van der Waals surface area contributed by atoms with Crippen LogP contribution in [0.15, 0.2) is 60.7 Å². The molecule has 0 aliphatic carbocycles. The van der Waals surface area contributed by atoms with Gasteiger partial charge >= 0.3 is 0 Å². The lowest BCUT2D eigenvalue weighted by molar-refractivity contribution is -0.384. The highest BCUT2D eigenvalue weighted by atomic mass is 16.6. The van der Waals surface area contributed by atoms with Crippen LogP contribution in [0, 0.1) is 22.5 Å². The molecule has 0 saturated carbocycles. The average molecular weight is 396 g/mol. The van der Waals surface area contributed by atoms with E-state index in [2.05, 4.69) is 48.9 Å². The van der Waals surface area contributed by atoms with Gasteiger partial charge in [0.1, 0.15) is 5.75 Å². The molecule has 5 rings (SSSR count). The summed E-state index contributed by atoms with van der Waals surface area (Å²) in [6.45, 7) is 4.70. The first-order valence-electron chi connectivity index (χ1n) is 9.79. The minimum atomic E-state index is -0.838. The molecular formula is C25H20N2O3. The first-order valence-corrected chi connectivity index (χ1v) is 9.79. The number of non-ortho nitro benzene ring substituents is 1. The molecule has 30 heavy (non-hydrogen) atoms. The Hall–Kier alpha value is -3.78. The van der Waals surface area contributed by atoms with Gasteiger partial charge in [-0.3, -0.25) is 10.1 Å². The highest BCUT2D eigenvalue weighted by Crippen LogP contribution is 2.56. The number of anilines is 1. The second-order valence-electron chi connectivity index (χ2n) is 8.21. The van der Waals surface area contributed by atoms with Gasteiger partial charge in [-0.25, -0.2) is 0 Å². The molecule has 1 atom stereocenters. The third-order valence-electron chi connectivity index (χ3n) is 6.33. The maximum absolute atomic E-state index is 11.2. The monoisotopic (exact) mass is 396 g/mol. The topological polar surface area (TPSA) is 55.6 Å². The molecule has 0 saturated heterocycles. The summed E-state index contributed by atoms with van der Waals surface area (Å²) < 4.78 is 6.65. The fourth-order valence-corrected chi connectivity index (χ4v) is 4.89. The van der Waals surface area contributed by atoms with Crippen molar-refractivity contribution in [3.8, 4) is 18.1 Å². The van der Waals surface area contributed by atoms with E-state index in [1.807, 2.05) is 24.3 Å². The van der Waals surface area contributed by atoms with Crippen molar-refractivity contribution in [2.75, 3.05) is 11.4 Å². The molecule has 1 unspecified atom stereocenters. The molecule has 2 heterocycles.